The Bertz CT molecular complexity index is 1420. The van der Waals surface area contributed by atoms with Crippen LogP contribution in [0.3, 0.4) is 0 Å². The number of aliphatic hydroxyl groups excluding tert-OH is 5. The molecule has 0 amide bonds. The molecular weight excluding hydrogens is 815 g/mol. The van der Waals surface area contributed by atoms with Crippen molar-refractivity contribution in [2.75, 3.05) is 26.4 Å². The van der Waals surface area contributed by atoms with E-state index in [1.54, 1.807) is 6.08 Å². The number of aliphatic hydroxyl groups is 5. The minimum Gasteiger partial charge on any atom is -0.462 e. The van der Waals surface area contributed by atoms with Crippen LogP contribution in [0.5, 0.6) is 0 Å². The van der Waals surface area contributed by atoms with Crippen LogP contribution in [0.15, 0.2) is 85.1 Å². The fourth-order valence-electron chi connectivity index (χ4n) is 6.64. The maximum Gasteiger partial charge on any atom is 0.472 e. The van der Waals surface area contributed by atoms with Gasteiger partial charge in [-0.1, -0.05) is 137 Å². The van der Waals surface area contributed by atoms with Crippen molar-refractivity contribution in [2.24, 2.45) is 11.8 Å². The van der Waals surface area contributed by atoms with E-state index in [4.69, 9.17) is 19.1 Å². The fraction of sp³-hybridized carbons (Fsp3) is 0.667. The third-order valence-electron chi connectivity index (χ3n) is 10.1. The highest BCUT2D eigenvalue weighted by molar-refractivity contribution is 7.47. The normalized spacial score (nSPS) is 21.1. The molecule has 1 rings (SSSR count). The molecule has 0 aliphatic heterocycles. The van der Waals surface area contributed by atoms with Gasteiger partial charge in [0, 0.05) is 25.2 Å². The van der Waals surface area contributed by atoms with Gasteiger partial charge < -0.3 is 39.9 Å². The molecule has 1 aliphatic rings. The Morgan fingerprint density at radius 3 is 1.87 bits per heavy atom. The second-order valence-corrected chi connectivity index (χ2v) is 17.1. The summed E-state index contributed by atoms with van der Waals surface area (Å²) in [5, 5.41) is 49.8. The Labute approximate surface area is 371 Å². The summed E-state index contributed by atoms with van der Waals surface area (Å²) in [6, 6.07) is 0. The standard InChI is InChI=1S/C48H79O13P/c1-3-5-7-8-9-10-11-12-13-14-15-16-17-18-19-20-21-22-27-31-47(54)58-38-42(39-60-62(56,57)59-37-41(51)36-49)61-48(55)32-28-24-23-26-30-43-44(46(53)35-45(43)52)34-33-40(50)29-25-6-4-2/h5,7,9-10,12-13,15-16,18-19,21-22,33-34,40-46,49-53H,3-4,6,8,11,14,17,20,23-32,35-39H2,1-2H3,(H,56,57)/b7-5-,10-9-,13-12-,16-15-,19-18-,22-21-,34-33+/t40-,41-,42+,43+,44+,45-,46+/m0/s1. The number of phosphoric ester groups is 1. The summed E-state index contributed by atoms with van der Waals surface area (Å²) in [6.45, 7) is 1.82. The van der Waals surface area contributed by atoms with Gasteiger partial charge in [-0.25, -0.2) is 4.57 Å². The quantitative estimate of drug-likeness (QED) is 0.0150. The minimum absolute atomic E-state index is 0.0369. The second-order valence-electron chi connectivity index (χ2n) is 15.7. The predicted octanol–water partition coefficient (Wildman–Crippen LogP) is 8.60. The first-order valence-electron chi connectivity index (χ1n) is 22.8. The van der Waals surface area contributed by atoms with Crippen LogP contribution in [0.1, 0.15) is 136 Å². The van der Waals surface area contributed by atoms with E-state index in [2.05, 4.69) is 73.1 Å². The molecule has 0 saturated heterocycles. The van der Waals surface area contributed by atoms with Gasteiger partial charge in [0.2, 0.25) is 0 Å². The van der Waals surface area contributed by atoms with Gasteiger partial charge in [0.05, 0.1) is 38.1 Å². The number of ether oxygens (including phenoxy) is 2. The van der Waals surface area contributed by atoms with E-state index in [9.17, 15) is 39.5 Å². The molecule has 0 aromatic rings. The first kappa shape index (κ1) is 57.0. The Morgan fingerprint density at radius 2 is 1.27 bits per heavy atom. The molecule has 0 radical (unpaired) electrons. The van der Waals surface area contributed by atoms with Gasteiger partial charge in [-0.15, -0.1) is 0 Å². The number of unbranched alkanes of at least 4 members (excludes halogenated alkanes) is 5. The lowest BCUT2D eigenvalue weighted by atomic mass is 9.88. The van der Waals surface area contributed by atoms with Crippen LogP contribution >= 0.6 is 7.82 Å². The predicted molar refractivity (Wildman–Crippen MR) is 244 cm³/mol. The van der Waals surface area contributed by atoms with E-state index < -0.39 is 76.7 Å². The SMILES string of the molecule is CC/C=C\C/C=C\C/C=C\C/C=C\C/C=C\C/C=C\CCC(=O)OC[C@H](COP(=O)(O)OC[C@@H](O)CO)OC(=O)CCCCCC[C@@H]1[C@@H](/C=C/[C@@H](O)CCCCC)[C@H](O)C[C@@H]1O. The smallest absolute Gasteiger partial charge is 0.462 e. The van der Waals surface area contributed by atoms with E-state index in [-0.39, 0.29) is 24.7 Å². The molecule has 14 heteroatoms. The molecule has 8 atom stereocenters. The molecular formula is C48H79O13P. The lowest BCUT2D eigenvalue weighted by molar-refractivity contribution is -0.161. The van der Waals surface area contributed by atoms with Gasteiger partial charge in [0.25, 0.3) is 0 Å². The third kappa shape index (κ3) is 31.0. The monoisotopic (exact) mass is 895 g/mol. The van der Waals surface area contributed by atoms with Crippen LogP contribution in [0.25, 0.3) is 0 Å². The van der Waals surface area contributed by atoms with Crippen LogP contribution < -0.4 is 0 Å². The summed E-state index contributed by atoms with van der Waals surface area (Å²) < 4.78 is 32.7. The van der Waals surface area contributed by atoms with E-state index >= 15 is 0 Å². The van der Waals surface area contributed by atoms with Crippen LogP contribution in [0.4, 0.5) is 0 Å². The number of rotatable bonds is 37. The summed E-state index contributed by atoms with van der Waals surface area (Å²) in [5.41, 5.74) is 0. The summed E-state index contributed by atoms with van der Waals surface area (Å²) in [7, 11) is -4.70. The van der Waals surface area contributed by atoms with Crippen molar-refractivity contribution < 1.29 is 63.1 Å². The van der Waals surface area contributed by atoms with Crippen molar-refractivity contribution in [2.45, 2.75) is 166 Å². The lowest BCUT2D eigenvalue weighted by Crippen LogP contribution is -2.29. The highest BCUT2D eigenvalue weighted by Gasteiger charge is 2.39. The van der Waals surface area contributed by atoms with Crippen molar-refractivity contribution in [1.82, 2.24) is 0 Å². The number of carbonyl (C=O) groups excluding carboxylic acids is 2. The van der Waals surface area contributed by atoms with Crippen LogP contribution in [-0.2, 0) is 32.7 Å². The maximum atomic E-state index is 12.8. The van der Waals surface area contributed by atoms with Crippen molar-refractivity contribution in [1.29, 1.82) is 0 Å². The van der Waals surface area contributed by atoms with Crippen LogP contribution in [-0.4, -0.2) is 99.3 Å². The minimum atomic E-state index is -4.70. The van der Waals surface area contributed by atoms with E-state index in [0.717, 1.165) is 64.2 Å². The highest BCUT2D eigenvalue weighted by atomic mass is 31.2. The van der Waals surface area contributed by atoms with Crippen LogP contribution in [0, 0.1) is 11.8 Å². The molecule has 0 heterocycles. The fourth-order valence-corrected chi connectivity index (χ4v) is 7.43. The van der Waals surface area contributed by atoms with Crippen molar-refractivity contribution >= 4 is 19.8 Å². The van der Waals surface area contributed by atoms with Crippen molar-refractivity contribution in [3.8, 4) is 0 Å². The zero-order chi connectivity index (χ0) is 45.7. The molecule has 0 spiro atoms. The van der Waals surface area contributed by atoms with Gasteiger partial charge in [-0.2, -0.15) is 0 Å². The topological polar surface area (TPSA) is 210 Å². The Balaban J connectivity index is 2.48. The average molecular weight is 895 g/mol. The summed E-state index contributed by atoms with van der Waals surface area (Å²) >= 11 is 0. The summed E-state index contributed by atoms with van der Waals surface area (Å²) in [4.78, 5) is 35.2. The highest BCUT2D eigenvalue weighted by Crippen LogP contribution is 2.43. The Morgan fingerprint density at radius 1 is 0.694 bits per heavy atom. The number of allylic oxidation sites excluding steroid dienone is 12. The molecule has 6 N–H and O–H groups in total. The van der Waals surface area contributed by atoms with Gasteiger partial charge in [0.1, 0.15) is 12.7 Å². The first-order chi connectivity index (χ1) is 29.9. The molecule has 354 valence electrons. The molecule has 1 unspecified atom stereocenters. The summed E-state index contributed by atoms with van der Waals surface area (Å²) in [6.07, 6.45) is 37.7. The van der Waals surface area contributed by atoms with Crippen molar-refractivity contribution in [3.63, 3.8) is 0 Å². The number of carbonyl (C=O) groups is 2. The van der Waals surface area contributed by atoms with Gasteiger partial charge in [-0.3, -0.25) is 18.6 Å². The van der Waals surface area contributed by atoms with Gasteiger partial charge in [-0.05, 0) is 70.1 Å². The lowest BCUT2D eigenvalue weighted by Gasteiger charge is -2.21. The Kier molecular flexibility index (Phi) is 34.4. The molecule has 0 aromatic carbocycles. The summed E-state index contributed by atoms with van der Waals surface area (Å²) in [5.74, 6) is -1.53. The zero-order valence-corrected chi connectivity index (χ0v) is 38.3. The first-order valence-corrected chi connectivity index (χ1v) is 24.3. The molecule has 1 saturated carbocycles. The van der Waals surface area contributed by atoms with E-state index in [1.807, 2.05) is 24.3 Å². The molecule has 1 fully saturated rings. The van der Waals surface area contributed by atoms with Crippen LogP contribution in [0.2, 0.25) is 0 Å². The average Bonchev–Trinajstić information content (AvgIpc) is 3.52. The molecule has 1 aliphatic carbocycles. The van der Waals surface area contributed by atoms with Gasteiger partial charge in [0.15, 0.2) is 6.10 Å². The Hall–Kier alpha value is -2.97. The molecule has 13 nitrogen and oxygen atoms in total. The molecule has 0 bridgehead atoms. The zero-order valence-electron chi connectivity index (χ0n) is 37.4. The van der Waals surface area contributed by atoms with E-state index in [0.29, 0.717) is 44.9 Å². The van der Waals surface area contributed by atoms with Gasteiger partial charge >= 0.3 is 19.8 Å². The van der Waals surface area contributed by atoms with Crippen molar-refractivity contribution in [3.05, 3.63) is 85.1 Å². The number of hydrogen-bond donors (Lipinski definition) is 6. The largest absolute Gasteiger partial charge is 0.472 e. The second kappa shape index (κ2) is 37.4. The molecule has 0 aromatic heterocycles. The number of esters is 2. The van der Waals surface area contributed by atoms with E-state index in [1.165, 1.54) is 0 Å². The third-order valence-corrected chi connectivity index (χ3v) is 11.1. The maximum absolute atomic E-state index is 12.8. The number of hydrogen-bond acceptors (Lipinski definition) is 12. The number of phosphoric acid groups is 1. The molecule has 62 heavy (non-hydrogen) atoms.